The molecule has 2 aromatic rings. The molecule has 0 saturated heterocycles. The zero-order chi connectivity index (χ0) is 13.1. The fraction of sp³-hybridized carbons (Fsp3) is 0.125. The largest absolute Gasteiger partial charge is 0.459 e. The quantitative estimate of drug-likeness (QED) is 0.827. The van der Waals surface area contributed by atoms with Crippen LogP contribution in [-0.4, -0.2) is 6.79 Å². The van der Waals surface area contributed by atoms with Crippen LogP contribution in [0.1, 0.15) is 5.56 Å². The van der Waals surface area contributed by atoms with Gasteiger partial charge in [-0.1, -0.05) is 36.4 Å². The molecule has 3 heteroatoms. The molecule has 0 amide bonds. The molecule has 0 aliphatic carbocycles. The van der Waals surface area contributed by atoms with Crippen molar-refractivity contribution in [2.75, 3.05) is 11.7 Å². The first-order chi connectivity index (χ1) is 9.36. The predicted octanol–water partition coefficient (Wildman–Crippen LogP) is 3.94. The average molecular weight is 253 g/mol. The lowest BCUT2D eigenvalue weighted by atomic mass is 10.1. The van der Waals surface area contributed by atoms with Gasteiger partial charge in [0.15, 0.2) is 0 Å². The fourth-order valence-electron chi connectivity index (χ4n) is 2.13. The van der Waals surface area contributed by atoms with Gasteiger partial charge in [0, 0.05) is 5.69 Å². The van der Waals surface area contributed by atoms with Crippen molar-refractivity contribution < 1.29 is 9.47 Å². The Bertz CT molecular complexity index is 593. The standard InChI is InChI=1S/C16H15NO2/c1-13-7-5-6-10-15(13)17(16-11-18-12-19-16)14-8-3-2-4-9-14/h2-11H,12H2,1H3. The van der Waals surface area contributed by atoms with Crippen LogP contribution in [-0.2, 0) is 9.47 Å². The molecular weight excluding hydrogens is 238 g/mol. The molecule has 1 aliphatic heterocycles. The van der Waals surface area contributed by atoms with Gasteiger partial charge in [-0.2, -0.15) is 0 Å². The molecule has 0 N–H and O–H groups in total. The van der Waals surface area contributed by atoms with Gasteiger partial charge in [0.1, 0.15) is 6.26 Å². The maximum atomic E-state index is 5.54. The van der Waals surface area contributed by atoms with Crippen molar-refractivity contribution in [2.24, 2.45) is 0 Å². The van der Waals surface area contributed by atoms with E-state index in [-0.39, 0.29) is 6.79 Å². The zero-order valence-corrected chi connectivity index (χ0v) is 10.7. The van der Waals surface area contributed by atoms with Gasteiger partial charge in [0.05, 0.1) is 5.69 Å². The van der Waals surface area contributed by atoms with E-state index in [1.807, 2.05) is 30.3 Å². The number of ether oxygens (including phenoxy) is 2. The Kier molecular flexibility index (Phi) is 3.11. The monoisotopic (exact) mass is 253 g/mol. The number of hydrogen-bond acceptors (Lipinski definition) is 3. The van der Waals surface area contributed by atoms with Crippen LogP contribution < -0.4 is 4.90 Å². The lowest BCUT2D eigenvalue weighted by Gasteiger charge is -2.25. The first kappa shape index (κ1) is 11.7. The summed E-state index contributed by atoms with van der Waals surface area (Å²) in [5.74, 6) is 0.709. The van der Waals surface area contributed by atoms with Gasteiger partial charge >= 0.3 is 0 Å². The van der Waals surface area contributed by atoms with Crippen LogP contribution in [0, 0.1) is 6.92 Å². The van der Waals surface area contributed by atoms with Gasteiger partial charge in [0.2, 0.25) is 12.7 Å². The summed E-state index contributed by atoms with van der Waals surface area (Å²) in [5, 5.41) is 0. The Morgan fingerprint density at radius 3 is 2.37 bits per heavy atom. The Hall–Kier alpha value is -2.42. The summed E-state index contributed by atoms with van der Waals surface area (Å²) in [6.07, 6.45) is 1.65. The van der Waals surface area contributed by atoms with Gasteiger partial charge in [0.25, 0.3) is 0 Å². The maximum absolute atomic E-state index is 5.54. The van der Waals surface area contributed by atoms with E-state index in [1.54, 1.807) is 6.26 Å². The number of rotatable bonds is 3. The zero-order valence-electron chi connectivity index (χ0n) is 10.7. The highest BCUT2D eigenvalue weighted by Gasteiger charge is 2.20. The molecular formula is C16H15NO2. The van der Waals surface area contributed by atoms with E-state index in [9.17, 15) is 0 Å². The smallest absolute Gasteiger partial charge is 0.237 e. The molecule has 3 rings (SSSR count). The summed E-state index contributed by atoms with van der Waals surface area (Å²) < 4.78 is 10.7. The van der Waals surface area contributed by atoms with Crippen molar-refractivity contribution in [2.45, 2.75) is 6.92 Å². The Morgan fingerprint density at radius 1 is 0.947 bits per heavy atom. The minimum Gasteiger partial charge on any atom is -0.459 e. The highest BCUT2D eigenvalue weighted by Crippen LogP contribution is 2.33. The second-order valence-corrected chi connectivity index (χ2v) is 4.34. The maximum Gasteiger partial charge on any atom is 0.237 e. The molecule has 96 valence electrons. The van der Waals surface area contributed by atoms with E-state index in [0.717, 1.165) is 11.4 Å². The van der Waals surface area contributed by atoms with Crippen molar-refractivity contribution in [3.05, 3.63) is 72.3 Å². The lowest BCUT2D eigenvalue weighted by Crippen LogP contribution is -2.17. The topological polar surface area (TPSA) is 21.7 Å². The van der Waals surface area contributed by atoms with E-state index in [0.29, 0.717) is 5.88 Å². The van der Waals surface area contributed by atoms with Crippen LogP contribution in [0.3, 0.4) is 0 Å². The van der Waals surface area contributed by atoms with E-state index in [2.05, 4.69) is 36.1 Å². The van der Waals surface area contributed by atoms with Gasteiger partial charge in [-0.3, -0.25) is 4.90 Å². The third kappa shape index (κ3) is 2.27. The number of nitrogens with zero attached hydrogens (tertiary/aromatic N) is 1. The molecule has 0 atom stereocenters. The van der Waals surface area contributed by atoms with E-state index in [1.165, 1.54) is 5.56 Å². The highest BCUT2D eigenvalue weighted by molar-refractivity contribution is 5.69. The molecule has 1 heterocycles. The summed E-state index contributed by atoms with van der Waals surface area (Å²) in [5.41, 5.74) is 3.32. The van der Waals surface area contributed by atoms with Crippen LogP contribution in [0.4, 0.5) is 11.4 Å². The van der Waals surface area contributed by atoms with E-state index in [4.69, 9.17) is 9.47 Å². The molecule has 0 fully saturated rings. The van der Waals surface area contributed by atoms with Gasteiger partial charge in [-0.25, -0.2) is 0 Å². The first-order valence-electron chi connectivity index (χ1n) is 6.21. The number of hydrogen-bond donors (Lipinski definition) is 0. The van der Waals surface area contributed by atoms with Crippen LogP contribution >= 0.6 is 0 Å². The fourth-order valence-corrected chi connectivity index (χ4v) is 2.13. The van der Waals surface area contributed by atoms with E-state index >= 15 is 0 Å². The van der Waals surface area contributed by atoms with Gasteiger partial charge < -0.3 is 9.47 Å². The summed E-state index contributed by atoms with van der Waals surface area (Å²) >= 11 is 0. The van der Waals surface area contributed by atoms with Crippen LogP contribution in [0.5, 0.6) is 0 Å². The SMILES string of the molecule is Cc1ccccc1N(C1=COCO1)c1ccccc1. The number of para-hydroxylation sites is 2. The van der Waals surface area contributed by atoms with Crippen LogP contribution in [0.25, 0.3) is 0 Å². The Balaban J connectivity index is 2.10. The third-order valence-electron chi connectivity index (χ3n) is 3.05. The third-order valence-corrected chi connectivity index (χ3v) is 3.05. The minimum absolute atomic E-state index is 0.268. The summed E-state index contributed by atoms with van der Waals surface area (Å²) in [7, 11) is 0. The van der Waals surface area contributed by atoms with Crippen molar-refractivity contribution in [3.8, 4) is 0 Å². The Labute approximate surface area is 112 Å². The summed E-state index contributed by atoms with van der Waals surface area (Å²) in [4.78, 5) is 2.06. The lowest BCUT2D eigenvalue weighted by molar-refractivity contribution is 0.0798. The second-order valence-electron chi connectivity index (χ2n) is 4.34. The molecule has 0 spiro atoms. The van der Waals surface area contributed by atoms with Crippen molar-refractivity contribution in [3.63, 3.8) is 0 Å². The molecule has 0 unspecified atom stereocenters. The predicted molar refractivity (Wildman–Crippen MR) is 74.9 cm³/mol. The second kappa shape index (κ2) is 5.06. The van der Waals surface area contributed by atoms with Crippen molar-refractivity contribution in [1.82, 2.24) is 0 Å². The minimum atomic E-state index is 0.268. The number of anilines is 2. The van der Waals surface area contributed by atoms with Crippen molar-refractivity contribution in [1.29, 1.82) is 0 Å². The van der Waals surface area contributed by atoms with Crippen LogP contribution in [0.2, 0.25) is 0 Å². The van der Waals surface area contributed by atoms with Gasteiger partial charge in [-0.05, 0) is 30.7 Å². The van der Waals surface area contributed by atoms with Gasteiger partial charge in [-0.15, -0.1) is 0 Å². The van der Waals surface area contributed by atoms with E-state index < -0.39 is 0 Å². The summed E-state index contributed by atoms with van der Waals surface area (Å²) in [6, 6.07) is 18.3. The normalized spacial score (nSPS) is 13.4. The molecule has 0 bridgehead atoms. The number of aryl methyl sites for hydroxylation is 1. The molecule has 0 radical (unpaired) electrons. The molecule has 19 heavy (non-hydrogen) atoms. The first-order valence-corrected chi connectivity index (χ1v) is 6.21. The average Bonchev–Trinajstić information content (AvgIpc) is 2.96. The van der Waals surface area contributed by atoms with Crippen molar-refractivity contribution >= 4 is 11.4 Å². The molecule has 1 aliphatic rings. The van der Waals surface area contributed by atoms with Crippen LogP contribution in [0.15, 0.2) is 66.7 Å². The highest BCUT2D eigenvalue weighted by atomic mass is 16.7. The Morgan fingerprint density at radius 2 is 1.68 bits per heavy atom. The molecule has 0 saturated carbocycles. The molecule has 0 aromatic heterocycles. The number of benzene rings is 2. The molecule has 3 nitrogen and oxygen atoms in total. The summed E-state index contributed by atoms with van der Waals surface area (Å²) in [6.45, 7) is 2.35. The molecule has 2 aromatic carbocycles.